The molecular weight excluding hydrogens is 242 g/mol. The predicted molar refractivity (Wildman–Crippen MR) is 73.1 cm³/mol. The molecule has 0 aromatic carbocycles. The van der Waals surface area contributed by atoms with Gasteiger partial charge in [0.1, 0.15) is 5.76 Å². The second-order valence-electron chi connectivity index (χ2n) is 5.17. The molecule has 0 amide bonds. The van der Waals surface area contributed by atoms with Gasteiger partial charge in [0.05, 0.1) is 13.2 Å². The maximum absolute atomic E-state index is 11.4. The van der Waals surface area contributed by atoms with Gasteiger partial charge in [-0.15, -0.1) is 0 Å². The standard InChI is InChI=1S/C15H23NO3/c1-12(16-10-6-4-3-5-7-11-16)13-8-9-14(19-13)15(17)18-2/h8-9,12H,3-7,10-11H2,1-2H3. The molecule has 1 saturated heterocycles. The summed E-state index contributed by atoms with van der Waals surface area (Å²) in [5.74, 6) is 0.725. The number of carbonyl (C=O) groups excluding carboxylic acids is 1. The molecule has 1 aromatic heterocycles. The van der Waals surface area contributed by atoms with E-state index in [1.165, 1.54) is 39.2 Å². The predicted octanol–water partition coefficient (Wildman–Crippen LogP) is 3.39. The number of likely N-dealkylation sites (tertiary alicyclic amines) is 1. The molecular formula is C15H23NO3. The summed E-state index contributed by atoms with van der Waals surface area (Å²) in [6, 6.07) is 3.80. The average Bonchev–Trinajstić information content (AvgIpc) is 2.86. The summed E-state index contributed by atoms with van der Waals surface area (Å²) in [7, 11) is 1.37. The zero-order valence-corrected chi connectivity index (χ0v) is 11.9. The van der Waals surface area contributed by atoms with Crippen molar-refractivity contribution < 1.29 is 13.9 Å². The Balaban J connectivity index is 2.02. The average molecular weight is 265 g/mol. The summed E-state index contributed by atoms with van der Waals surface area (Å²) in [6.07, 6.45) is 6.48. The van der Waals surface area contributed by atoms with E-state index in [2.05, 4.69) is 16.6 Å². The molecule has 1 unspecified atom stereocenters. The molecule has 4 nitrogen and oxygen atoms in total. The smallest absolute Gasteiger partial charge is 0.373 e. The van der Waals surface area contributed by atoms with Crippen molar-refractivity contribution in [2.75, 3.05) is 20.2 Å². The Hall–Kier alpha value is -1.29. The Morgan fingerprint density at radius 1 is 1.21 bits per heavy atom. The van der Waals surface area contributed by atoms with E-state index >= 15 is 0 Å². The van der Waals surface area contributed by atoms with Crippen molar-refractivity contribution in [1.29, 1.82) is 0 Å². The number of furan rings is 1. The van der Waals surface area contributed by atoms with E-state index in [0.29, 0.717) is 0 Å². The molecule has 1 aliphatic heterocycles. The highest BCUT2D eigenvalue weighted by Crippen LogP contribution is 2.25. The molecule has 0 N–H and O–H groups in total. The monoisotopic (exact) mass is 265 g/mol. The number of ether oxygens (including phenoxy) is 1. The fraction of sp³-hybridized carbons (Fsp3) is 0.667. The van der Waals surface area contributed by atoms with Crippen molar-refractivity contribution in [1.82, 2.24) is 4.90 Å². The Morgan fingerprint density at radius 2 is 1.84 bits per heavy atom. The fourth-order valence-electron chi connectivity index (χ4n) is 2.63. The third kappa shape index (κ3) is 3.60. The largest absolute Gasteiger partial charge is 0.463 e. The minimum atomic E-state index is -0.411. The van der Waals surface area contributed by atoms with Gasteiger partial charge in [-0.05, 0) is 45.0 Å². The third-order valence-corrected chi connectivity index (χ3v) is 3.86. The maximum Gasteiger partial charge on any atom is 0.373 e. The van der Waals surface area contributed by atoms with Crippen LogP contribution >= 0.6 is 0 Å². The van der Waals surface area contributed by atoms with Crippen molar-refractivity contribution in [2.45, 2.75) is 45.1 Å². The van der Waals surface area contributed by atoms with Crippen LogP contribution in [0.3, 0.4) is 0 Å². The lowest BCUT2D eigenvalue weighted by atomic mass is 10.1. The van der Waals surface area contributed by atoms with Crippen LogP contribution in [0.1, 0.15) is 61.4 Å². The first-order chi connectivity index (χ1) is 9.22. The molecule has 1 fully saturated rings. The van der Waals surface area contributed by atoms with E-state index in [1.807, 2.05) is 6.07 Å². The molecule has 0 saturated carbocycles. The highest BCUT2D eigenvalue weighted by Gasteiger charge is 2.21. The molecule has 1 aliphatic rings. The molecule has 0 aliphatic carbocycles. The van der Waals surface area contributed by atoms with Gasteiger partial charge in [-0.25, -0.2) is 4.79 Å². The SMILES string of the molecule is COC(=O)c1ccc(C(C)N2CCCCCCC2)o1. The highest BCUT2D eigenvalue weighted by atomic mass is 16.5. The number of nitrogens with zero attached hydrogens (tertiary/aromatic N) is 1. The Morgan fingerprint density at radius 3 is 2.47 bits per heavy atom. The van der Waals surface area contributed by atoms with Crippen molar-refractivity contribution in [3.05, 3.63) is 23.7 Å². The van der Waals surface area contributed by atoms with Crippen molar-refractivity contribution >= 4 is 5.97 Å². The van der Waals surface area contributed by atoms with Gasteiger partial charge < -0.3 is 9.15 Å². The van der Waals surface area contributed by atoms with Crippen LogP contribution in [-0.2, 0) is 4.74 Å². The lowest BCUT2D eigenvalue weighted by molar-refractivity contribution is 0.0558. The summed E-state index contributed by atoms with van der Waals surface area (Å²) in [4.78, 5) is 13.8. The lowest BCUT2D eigenvalue weighted by Crippen LogP contribution is -2.30. The number of rotatable bonds is 3. The van der Waals surface area contributed by atoms with Crippen LogP contribution < -0.4 is 0 Å². The summed E-state index contributed by atoms with van der Waals surface area (Å²) < 4.78 is 10.3. The van der Waals surface area contributed by atoms with Crippen LogP contribution in [0.5, 0.6) is 0 Å². The van der Waals surface area contributed by atoms with Gasteiger partial charge in [-0.1, -0.05) is 19.3 Å². The topological polar surface area (TPSA) is 42.7 Å². The summed E-state index contributed by atoms with van der Waals surface area (Å²) >= 11 is 0. The zero-order chi connectivity index (χ0) is 13.7. The van der Waals surface area contributed by atoms with Gasteiger partial charge in [0.2, 0.25) is 5.76 Å². The van der Waals surface area contributed by atoms with E-state index in [0.717, 1.165) is 18.8 Å². The van der Waals surface area contributed by atoms with E-state index < -0.39 is 5.97 Å². The van der Waals surface area contributed by atoms with E-state index in [9.17, 15) is 4.79 Å². The number of methoxy groups -OCH3 is 1. The second kappa shape index (κ2) is 6.75. The molecule has 0 radical (unpaired) electrons. The lowest BCUT2D eigenvalue weighted by Gasteiger charge is -2.29. The highest BCUT2D eigenvalue weighted by molar-refractivity contribution is 5.86. The Labute approximate surface area is 114 Å². The first-order valence-electron chi connectivity index (χ1n) is 7.14. The molecule has 2 heterocycles. The molecule has 106 valence electrons. The maximum atomic E-state index is 11.4. The van der Waals surface area contributed by atoms with Crippen LogP contribution in [0.25, 0.3) is 0 Å². The van der Waals surface area contributed by atoms with Gasteiger partial charge in [0.15, 0.2) is 0 Å². The van der Waals surface area contributed by atoms with Crippen LogP contribution in [0.2, 0.25) is 0 Å². The van der Waals surface area contributed by atoms with Crippen LogP contribution in [0, 0.1) is 0 Å². The molecule has 4 heteroatoms. The minimum Gasteiger partial charge on any atom is -0.463 e. The van der Waals surface area contributed by atoms with Gasteiger partial charge in [-0.2, -0.15) is 0 Å². The quantitative estimate of drug-likeness (QED) is 0.786. The number of carbonyl (C=O) groups is 1. The van der Waals surface area contributed by atoms with Gasteiger partial charge in [-0.3, -0.25) is 4.90 Å². The van der Waals surface area contributed by atoms with Crippen LogP contribution in [0.15, 0.2) is 16.5 Å². The fourth-order valence-corrected chi connectivity index (χ4v) is 2.63. The molecule has 2 rings (SSSR count). The van der Waals surface area contributed by atoms with E-state index in [1.54, 1.807) is 6.07 Å². The molecule has 0 spiro atoms. The summed E-state index contributed by atoms with van der Waals surface area (Å²) in [5, 5.41) is 0. The first-order valence-corrected chi connectivity index (χ1v) is 7.14. The minimum absolute atomic E-state index is 0.219. The summed E-state index contributed by atoms with van der Waals surface area (Å²) in [5.41, 5.74) is 0. The van der Waals surface area contributed by atoms with E-state index in [4.69, 9.17) is 4.42 Å². The van der Waals surface area contributed by atoms with Crippen molar-refractivity contribution in [2.24, 2.45) is 0 Å². The Bertz CT molecular complexity index is 405. The molecule has 1 atom stereocenters. The van der Waals surface area contributed by atoms with E-state index in [-0.39, 0.29) is 11.8 Å². The normalized spacial score (nSPS) is 19.5. The van der Waals surface area contributed by atoms with Gasteiger partial charge in [0, 0.05) is 0 Å². The Kier molecular flexibility index (Phi) is 5.02. The molecule has 0 bridgehead atoms. The summed E-state index contributed by atoms with van der Waals surface area (Å²) in [6.45, 7) is 4.35. The first kappa shape index (κ1) is 14.1. The van der Waals surface area contributed by atoms with Crippen molar-refractivity contribution in [3.63, 3.8) is 0 Å². The van der Waals surface area contributed by atoms with Crippen molar-refractivity contribution in [3.8, 4) is 0 Å². The number of hydrogen-bond donors (Lipinski definition) is 0. The molecule has 19 heavy (non-hydrogen) atoms. The number of esters is 1. The van der Waals surface area contributed by atoms with Gasteiger partial charge >= 0.3 is 5.97 Å². The molecule has 1 aromatic rings. The zero-order valence-electron chi connectivity index (χ0n) is 11.9. The van der Waals surface area contributed by atoms with Gasteiger partial charge in [0.25, 0.3) is 0 Å². The number of hydrogen-bond acceptors (Lipinski definition) is 4. The second-order valence-corrected chi connectivity index (χ2v) is 5.17. The third-order valence-electron chi connectivity index (χ3n) is 3.86. The van der Waals surface area contributed by atoms with Crippen LogP contribution in [0.4, 0.5) is 0 Å². The van der Waals surface area contributed by atoms with Crippen LogP contribution in [-0.4, -0.2) is 31.1 Å².